The maximum Gasteiger partial charge on any atom is 0.234 e. The molecule has 4 heterocycles. The molecule has 2 saturated heterocycles. The standard InChI is InChI=1S/C24H25N3O3/c1-15-6-7-18(11-16(15)2)27-14-24-9-8-19(30-24)20(21(24)23(27)29)22(28)26(3)13-17-5-4-10-25-12-17/h4-12,19-21H,13-14H2,1-3H3/t19-,20+,21-,24-/m0/s1. The molecule has 4 atom stereocenters. The fraction of sp³-hybridized carbons (Fsp3) is 0.375. The average molecular weight is 403 g/mol. The molecule has 2 bridgehead atoms. The number of carbonyl (C=O) groups excluding carboxylic acids is 2. The molecule has 30 heavy (non-hydrogen) atoms. The quantitative estimate of drug-likeness (QED) is 0.737. The van der Waals surface area contributed by atoms with E-state index in [-0.39, 0.29) is 17.9 Å². The molecule has 6 nitrogen and oxygen atoms in total. The zero-order chi connectivity index (χ0) is 21.0. The van der Waals surface area contributed by atoms with Crippen molar-refractivity contribution in [3.8, 4) is 0 Å². The van der Waals surface area contributed by atoms with Crippen LogP contribution in [-0.4, -0.2) is 47.0 Å². The third-order valence-electron chi connectivity index (χ3n) is 6.71. The number of fused-ring (bicyclic) bond motifs is 1. The number of nitrogens with zero attached hydrogens (tertiary/aromatic N) is 3. The van der Waals surface area contributed by atoms with Crippen molar-refractivity contribution >= 4 is 17.5 Å². The molecule has 1 spiro atoms. The Bertz CT molecular complexity index is 1050. The van der Waals surface area contributed by atoms with Gasteiger partial charge in [-0.25, -0.2) is 0 Å². The monoisotopic (exact) mass is 403 g/mol. The molecule has 0 aliphatic carbocycles. The van der Waals surface area contributed by atoms with Crippen molar-refractivity contribution in [1.29, 1.82) is 0 Å². The first-order valence-electron chi connectivity index (χ1n) is 10.3. The SMILES string of the molecule is Cc1ccc(N2C[C@]34C=C[C@H](O3)[C@@H](C(=O)N(C)Cc3cccnc3)[C@H]4C2=O)cc1C. The number of aromatic nitrogens is 1. The van der Waals surface area contributed by atoms with Gasteiger partial charge in [0.2, 0.25) is 11.8 Å². The van der Waals surface area contributed by atoms with Gasteiger partial charge in [-0.3, -0.25) is 14.6 Å². The summed E-state index contributed by atoms with van der Waals surface area (Å²) in [7, 11) is 1.78. The van der Waals surface area contributed by atoms with E-state index >= 15 is 0 Å². The fourth-order valence-corrected chi connectivity index (χ4v) is 4.99. The summed E-state index contributed by atoms with van der Waals surface area (Å²) < 4.78 is 6.26. The van der Waals surface area contributed by atoms with Crippen LogP contribution in [0.5, 0.6) is 0 Å². The Kier molecular flexibility index (Phi) is 4.29. The molecule has 0 saturated carbocycles. The second-order valence-corrected chi connectivity index (χ2v) is 8.65. The number of pyridine rings is 1. The van der Waals surface area contributed by atoms with Gasteiger partial charge in [0, 0.05) is 31.7 Å². The topological polar surface area (TPSA) is 62.7 Å². The van der Waals surface area contributed by atoms with Crippen molar-refractivity contribution in [2.75, 3.05) is 18.5 Å². The Morgan fingerprint density at radius 3 is 2.87 bits per heavy atom. The van der Waals surface area contributed by atoms with Crippen LogP contribution in [0, 0.1) is 25.7 Å². The van der Waals surface area contributed by atoms with E-state index in [4.69, 9.17) is 4.74 Å². The largest absolute Gasteiger partial charge is 0.360 e. The van der Waals surface area contributed by atoms with Crippen molar-refractivity contribution in [2.24, 2.45) is 11.8 Å². The Hall–Kier alpha value is -2.99. The third kappa shape index (κ3) is 2.78. The van der Waals surface area contributed by atoms with Gasteiger partial charge < -0.3 is 14.5 Å². The molecule has 0 N–H and O–H groups in total. The minimum Gasteiger partial charge on any atom is -0.360 e. The van der Waals surface area contributed by atoms with E-state index in [2.05, 4.69) is 11.9 Å². The number of hydrogen-bond donors (Lipinski definition) is 0. The van der Waals surface area contributed by atoms with Crippen LogP contribution >= 0.6 is 0 Å². The number of carbonyl (C=O) groups is 2. The lowest BCUT2D eigenvalue weighted by molar-refractivity contribution is -0.139. The summed E-state index contributed by atoms with van der Waals surface area (Å²) in [5.74, 6) is -1.08. The van der Waals surface area contributed by atoms with E-state index in [9.17, 15) is 9.59 Å². The lowest BCUT2D eigenvalue weighted by Crippen LogP contribution is -2.44. The van der Waals surface area contributed by atoms with Crippen LogP contribution in [-0.2, 0) is 20.9 Å². The maximum absolute atomic E-state index is 13.5. The van der Waals surface area contributed by atoms with Crippen molar-refractivity contribution < 1.29 is 14.3 Å². The summed E-state index contributed by atoms with van der Waals surface area (Å²) in [6.45, 7) is 5.00. The van der Waals surface area contributed by atoms with Crippen LogP contribution in [0.25, 0.3) is 0 Å². The predicted molar refractivity (Wildman–Crippen MR) is 113 cm³/mol. The third-order valence-corrected chi connectivity index (χ3v) is 6.71. The van der Waals surface area contributed by atoms with Crippen LogP contribution in [0.2, 0.25) is 0 Å². The summed E-state index contributed by atoms with van der Waals surface area (Å²) >= 11 is 0. The van der Waals surface area contributed by atoms with Gasteiger partial charge in [-0.1, -0.05) is 24.3 Å². The predicted octanol–water partition coefficient (Wildman–Crippen LogP) is 2.64. The van der Waals surface area contributed by atoms with E-state index in [1.165, 1.54) is 5.56 Å². The van der Waals surface area contributed by atoms with E-state index in [1.807, 2.05) is 49.4 Å². The van der Waals surface area contributed by atoms with Gasteiger partial charge in [0.1, 0.15) is 5.60 Å². The summed E-state index contributed by atoms with van der Waals surface area (Å²) in [5.41, 5.74) is 3.43. The minimum absolute atomic E-state index is 0.0294. The summed E-state index contributed by atoms with van der Waals surface area (Å²) in [5, 5.41) is 0. The lowest BCUT2D eigenvalue weighted by Gasteiger charge is -2.27. The Morgan fingerprint density at radius 1 is 1.30 bits per heavy atom. The molecule has 5 rings (SSSR count). The molecule has 6 heteroatoms. The molecule has 3 aliphatic heterocycles. The van der Waals surface area contributed by atoms with E-state index in [0.717, 1.165) is 16.8 Å². The molecule has 0 unspecified atom stereocenters. The number of amides is 2. The molecule has 0 radical (unpaired) electrons. The smallest absolute Gasteiger partial charge is 0.234 e. The number of hydrogen-bond acceptors (Lipinski definition) is 4. The highest BCUT2D eigenvalue weighted by Gasteiger charge is 2.67. The molecule has 2 aromatic rings. The zero-order valence-electron chi connectivity index (χ0n) is 17.4. The molecular formula is C24H25N3O3. The van der Waals surface area contributed by atoms with Crippen LogP contribution < -0.4 is 4.90 Å². The number of aryl methyl sites for hydroxylation is 2. The van der Waals surface area contributed by atoms with Crippen LogP contribution in [0.3, 0.4) is 0 Å². The highest BCUT2D eigenvalue weighted by Crippen LogP contribution is 2.53. The molecule has 154 valence electrons. The average Bonchev–Trinajstić information content (AvgIpc) is 3.38. The number of benzene rings is 1. The molecular weight excluding hydrogens is 378 g/mol. The first kappa shape index (κ1) is 19.0. The van der Waals surface area contributed by atoms with Gasteiger partial charge in [-0.2, -0.15) is 0 Å². The Labute approximate surface area is 176 Å². The maximum atomic E-state index is 13.5. The molecule has 2 fully saturated rings. The lowest BCUT2D eigenvalue weighted by atomic mass is 9.76. The van der Waals surface area contributed by atoms with E-state index in [0.29, 0.717) is 13.1 Å². The second-order valence-electron chi connectivity index (χ2n) is 8.65. The minimum atomic E-state index is -0.712. The Morgan fingerprint density at radius 2 is 2.13 bits per heavy atom. The van der Waals surface area contributed by atoms with Gasteiger partial charge in [-0.05, 0) is 48.7 Å². The van der Waals surface area contributed by atoms with Crippen LogP contribution in [0.4, 0.5) is 5.69 Å². The highest BCUT2D eigenvalue weighted by atomic mass is 16.5. The van der Waals surface area contributed by atoms with Crippen molar-refractivity contribution in [3.63, 3.8) is 0 Å². The van der Waals surface area contributed by atoms with Crippen molar-refractivity contribution in [2.45, 2.75) is 32.1 Å². The first-order valence-corrected chi connectivity index (χ1v) is 10.3. The van der Waals surface area contributed by atoms with Gasteiger partial charge in [0.25, 0.3) is 0 Å². The van der Waals surface area contributed by atoms with Crippen molar-refractivity contribution in [1.82, 2.24) is 9.88 Å². The van der Waals surface area contributed by atoms with Gasteiger partial charge in [0.15, 0.2) is 0 Å². The number of rotatable bonds is 4. The molecule has 3 aliphatic rings. The summed E-state index contributed by atoms with van der Waals surface area (Å²) in [4.78, 5) is 34.5. The van der Waals surface area contributed by atoms with Crippen LogP contribution in [0.15, 0.2) is 54.9 Å². The number of anilines is 1. The normalized spacial score (nSPS) is 28.8. The summed E-state index contributed by atoms with van der Waals surface area (Å²) in [6, 6.07) is 9.83. The van der Waals surface area contributed by atoms with Gasteiger partial charge in [-0.15, -0.1) is 0 Å². The van der Waals surface area contributed by atoms with E-state index < -0.39 is 17.4 Å². The van der Waals surface area contributed by atoms with Gasteiger partial charge in [0.05, 0.1) is 24.5 Å². The fourth-order valence-electron chi connectivity index (χ4n) is 4.99. The summed E-state index contributed by atoms with van der Waals surface area (Å²) in [6.07, 6.45) is 7.07. The molecule has 1 aromatic heterocycles. The first-order chi connectivity index (χ1) is 14.4. The number of ether oxygens (including phenoxy) is 1. The molecule has 1 aromatic carbocycles. The van der Waals surface area contributed by atoms with Crippen molar-refractivity contribution in [3.05, 3.63) is 71.6 Å². The van der Waals surface area contributed by atoms with Gasteiger partial charge >= 0.3 is 0 Å². The zero-order valence-corrected chi connectivity index (χ0v) is 17.4. The second kappa shape index (κ2) is 6.77. The Balaban J connectivity index is 1.42. The van der Waals surface area contributed by atoms with Crippen LogP contribution in [0.1, 0.15) is 16.7 Å². The highest BCUT2D eigenvalue weighted by molar-refractivity contribution is 6.03. The molecule has 2 amide bonds. The van der Waals surface area contributed by atoms with E-state index in [1.54, 1.807) is 29.2 Å².